The summed E-state index contributed by atoms with van der Waals surface area (Å²) in [6, 6.07) is 29.5. The van der Waals surface area contributed by atoms with Crippen molar-refractivity contribution in [1.82, 2.24) is 29.6 Å². The molecule has 2 heterocycles. The van der Waals surface area contributed by atoms with Gasteiger partial charge in [0.25, 0.3) is 0 Å². The highest BCUT2D eigenvalue weighted by Crippen LogP contribution is 2.24. The maximum atomic E-state index is 5.38. The lowest BCUT2D eigenvalue weighted by atomic mass is 10.2. The summed E-state index contributed by atoms with van der Waals surface area (Å²) in [5.41, 5.74) is 2.79. The predicted octanol–water partition coefficient (Wildman–Crippen LogP) is 4.74. The molecule has 1 N–H and O–H groups in total. The molecule has 0 unspecified atom stereocenters. The summed E-state index contributed by atoms with van der Waals surface area (Å²) < 4.78 is 3.69. The van der Waals surface area contributed by atoms with Gasteiger partial charge in [-0.3, -0.25) is 0 Å². The highest BCUT2D eigenvalue weighted by atomic mass is 32.1. The standard InChI is InChI=1S/C23H17N7S/c31-23-27-26-22(30(23)24-16-17-10-4-1-5-11-17)20-25-21(18-12-6-2-7-13-18)29(28-20)19-14-8-3-9-15-19/h1-16H,(H,27,31)/b24-16-. The Kier molecular flexibility index (Phi) is 5.04. The van der Waals surface area contributed by atoms with E-state index >= 15 is 0 Å². The molecule has 0 saturated carbocycles. The van der Waals surface area contributed by atoms with Gasteiger partial charge in [0.1, 0.15) is 0 Å². The van der Waals surface area contributed by atoms with E-state index in [2.05, 4.69) is 15.3 Å². The van der Waals surface area contributed by atoms with Crippen molar-refractivity contribution in [2.24, 2.45) is 5.10 Å². The normalized spacial score (nSPS) is 11.2. The van der Waals surface area contributed by atoms with Crippen LogP contribution in [0.2, 0.25) is 0 Å². The molecule has 0 amide bonds. The summed E-state index contributed by atoms with van der Waals surface area (Å²) in [6.07, 6.45) is 1.72. The molecule has 0 aliphatic heterocycles. The van der Waals surface area contributed by atoms with Crippen LogP contribution in [0.15, 0.2) is 96.1 Å². The van der Waals surface area contributed by atoms with Crippen molar-refractivity contribution in [2.45, 2.75) is 0 Å². The van der Waals surface area contributed by atoms with Gasteiger partial charge in [0.2, 0.25) is 16.4 Å². The van der Waals surface area contributed by atoms with Crippen molar-refractivity contribution in [1.29, 1.82) is 0 Å². The summed E-state index contributed by atoms with van der Waals surface area (Å²) in [7, 11) is 0. The summed E-state index contributed by atoms with van der Waals surface area (Å²) in [4.78, 5) is 4.78. The van der Waals surface area contributed by atoms with Gasteiger partial charge in [-0.2, -0.15) is 9.78 Å². The van der Waals surface area contributed by atoms with E-state index in [1.165, 1.54) is 4.68 Å². The van der Waals surface area contributed by atoms with Crippen LogP contribution in [0.1, 0.15) is 5.56 Å². The van der Waals surface area contributed by atoms with E-state index in [1.54, 1.807) is 10.9 Å². The molecule has 0 saturated heterocycles. The van der Waals surface area contributed by atoms with Crippen LogP contribution in [0.4, 0.5) is 0 Å². The van der Waals surface area contributed by atoms with Crippen LogP contribution >= 0.6 is 12.2 Å². The molecule has 2 aromatic heterocycles. The Morgan fingerprint density at radius 3 is 2.16 bits per heavy atom. The van der Waals surface area contributed by atoms with Gasteiger partial charge in [0.15, 0.2) is 5.82 Å². The Balaban J connectivity index is 1.63. The molecule has 0 fully saturated rings. The fraction of sp³-hybridized carbons (Fsp3) is 0. The van der Waals surface area contributed by atoms with Crippen LogP contribution < -0.4 is 0 Å². The van der Waals surface area contributed by atoms with Crippen molar-refractivity contribution in [3.8, 4) is 28.7 Å². The average Bonchev–Trinajstić information content (AvgIpc) is 3.43. The zero-order valence-corrected chi connectivity index (χ0v) is 17.1. The summed E-state index contributed by atoms with van der Waals surface area (Å²) in [6.45, 7) is 0. The van der Waals surface area contributed by atoms with Gasteiger partial charge < -0.3 is 0 Å². The fourth-order valence-electron chi connectivity index (χ4n) is 3.14. The van der Waals surface area contributed by atoms with Crippen LogP contribution in [0.3, 0.4) is 0 Å². The molecule has 3 aromatic carbocycles. The average molecular weight is 424 g/mol. The molecule has 0 aliphatic rings. The summed E-state index contributed by atoms with van der Waals surface area (Å²) in [5.74, 6) is 1.55. The fourth-order valence-corrected chi connectivity index (χ4v) is 3.32. The van der Waals surface area contributed by atoms with E-state index in [1.807, 2.05) is 91.0 Å². The van der Waals surface area contributed by atoms with Crippen molar-refractivity contribution in [3.63, 3.8) is 0 Å². The second-order valence-electron chi connectivity index (χ2n) is 6.69. The molecule has 7 nitrogen and oxygen atoms in total. The summed E-state index contributed by atoms with van der Waals surface area (Å²) >= 11 is 5.38. The molecule has 150 valence electrons. The zero-order valence-electron chi connectivity index (χ0n) is 16.3. The molecule has 0 bridgehead atoms. The van der Waals surface area contributed by atoms with Crippen LogP contribution in [-0.4, -0.2) is 35.9 Å². The van der Waals surface area contributed by atoms with E-state index in [4.69, 9.17) is 22.3 Å². The lowest BCUT2D eigenvalue weighted by Crippen LogP contribution is -2.00. The second kappa shape index (κ2) is 8.29. The molecular weight excluding hydrogens is 406 g/mol. The first kappa shape index (κ1) is 18.8. The van der Waals surface area contributed by atoms with Gasteiger partial charge in [0, 0.05) is 5.56 Å². The third-order valence-corrected chi connectivity index (χ3v) is 4.88. The Hall–Kier alpha value is -4.17. The quantitative estimate of drug-likeness (QED) is 0.327. The third kappa shape index (κ3) is 3.84. The maximum Gasteiger partial charge on any atom is 0.223 e. The lowest BCUT2D eigenvalue weighted by molar-refractivity contribution is 0.847. The minimum Gasteiger partial charge on any atom is -0.250 e. The Morgan fingerprint density at radius 2 is 1.45 bits per heavy atom. The van der Waals surface area contributed by atoms with Crippen LogP contribution in [0, 0.1) is 4.77 Å². The number of H-pyrrole nitrogens is 1. The van der Waals surface area contributed by atoms with Crippen molar-refractivity contribution in [3.05, 3.63) is 101 Å². The molecule has 8 heteroatoms. The summed E-state index contributed by atoms with van der Waals surface area (Å²) in [5, 5.41) is 16.4. The number of aromatic amines is 1. The highest BCUT2D eigenvalue weighted by molar-refractivity contribution is 7.71. The molecule has 0 atom stereocenters. The first-order valence-corrected chi connectivity index (χ1v) is 10.1. The van der Waals surface area contributed by atoms with Gasteiger partial charge in [-0.15, -0.1) is 10.2 Å². The smallest absolute Gasteiger partial charge is 0.223 e. The van der Waals surface area contributed by atoms with Crippen molar-refractivity contribution >= 4 is 18.4 Å². The van der Waals surface area contributed by atoms with E-state index in [0.717, 1.165) is 16.8 Å². The van der Waals surface area contributed by atoms with Crippen LogP contribution in [-0.2, 0) is 0 Å². The Bertz CT molecular complexity index is 1330. The van der Waals surface area contributed by atoms with Gasteiger partial charge in [0.05, 0.1) is 11.9 Å². The first-order chi connectivity index (χ1) is 15.3. The Morgan fingerprint density at radius 1 is 0.806 bits per heavy atom. The molecule has 5 aromatic rings. The molecule has 0 radical (unpaired) electrons. The Labute approximate surface area is 183 Å². The number of nitrogens with zero attached hydrogens (tertiary/aromatic N) is 6. The van der Waals surface area contributed by atoms with E-state index in [-0.39, 0.29) is 0 Å². The van der Waals surface area contributed by atoms with Crippen molar-refractivity contribution < 1.29 is 0 Å². The van der Waals surface area contributed by atoms with Crippen LogP contribution in [0.5, 0.6) is 0 Å². The lowest BCUT2D eigenvalue weighted by Gasteiger charge is -2.05. The number of hydrogen-bond acceptors (Lipinski definition) is 5. The molecule has 31 heavy (non-hydrogen) atoms. The number of para-hydroxylation sites is 1. The SMILES string of the molecule is S=c1[nH]nc(-c2nc(-c3ccccc3)n(-c3ccccc3)n2)n1/N=C\c1ccccc1. The zero-order chi connectivity index (χ0) is 21.0. The minimum atomic E-state index is 0.361. The van der Waals surface area contributed by atoms with Gasteiger partial charge in [-0.05, 0) is 29.9 Å². The molecule has 5 rings (SSSR count). The topological polar surface area (TPSA) is 76.7 Å². The second-order valence-corrected chi connectivity index (χ2v) is 7.08. The predicted molar refractivity (Wildman–Crippen MR) is 123 cm³/mol. The molecule has 0 aliphatic carbocycles. The third-order valence-electron chi connectivity index (χ3n) is 4.61. The maximum absolute atomic E-state index is 5.38. The minimum absolute atomic E-state index is 0.361. The first-order valence-electron chi connectivity index (χ1n) is 9.65. The van der Waals surface area contributed by atoms with E-state index in [0.29, 0.717) is 22.2 Å². The largest absolute Gasteiger partial charge is 0.250 e. The molecule has 0 spiro atoms. The van der Waals surface area contributed by atoms with Gasteiger partial charge >= 0.3 is 0 Å². The highest BCUT2D eigenvalue weighted by Gasteiger charge is 2.19. The van der Waals surface area contributed by atoms with Gasteiger partial charge in [-0.25, -0.2) is 14.8 Å². The molecular formula is C23H17N7S. The number of benzene rings is 3. The number of rotatable bonds is 5. The number of aromatic nitrogens is 6. The van der Waals surface area contributed by atoms with E-state index < -0.39 is 0 Å². The van der Waals surface area contributed by atoms with Crippen LogP contribution in [0.25, 0.3) is 28.7 Å². The van der Waals surface area contributed by atoms with E-state index in [9.17, 15) is 0 Å². The van der Waals surface area contributed by atoms with Gasteiger partial charge in [-0.1, -0.05) is 78.9 Å². The number of hydrogen-bond donors (Lipinski definition) is 1. The van der Waals surface area contributed by atoms with Crippen molar-refractivity contribution in [2.75, 3.05) is 0 Å². The monoisotopic (exact) mass is 423 g/mol. The number of nitrogens with one attached hydrogen (secondary N) is 1.